The minimum Gasteiger partial charge on any atom is -0.497 e. The number of guanidine groups is 1. The van der Waals surface area contributed by atoms with Crippen molar-refractivity contribution in [1.29, 1.82) is 0 Å². The topological polar surface area (TPSA) is 66.7 Å². The average Bonchev–Trinajstić information content (AvgIpc) is 3.46. The number of aromatic nitrogens is 2. The van der Waals surface area contributed by atoms with Crippen LogP contribution in [0.5, 0.6) is 5.75 Å². The van der Waals surface area contributed by atoms with E-state index < -0.39 is 0 Å². The fourth-order valence-electron chi connectivity index (χ4n) is 3.73. The predicted octanol–water partition coefficient (Wildman–Crippen LogP) is 3.29. The second-order valence-corrected chi connectivity index (χ2v) is 7.30. The quantitative estimate of drug-likeness (QED) is 0.215. The summed E-state index contributed by atoms with van der Waals surface area (Å²) in [5, 5.41) is 11.1. The first-order valence-electron chi connectivity index (χ1n) is 10.7. The number of aryl methyl sites for hydroxylation is 1. The molecule has 0 saturated carbocycles. The molecule has 30 heavy (non-hydrogen) atoms. The number of hydrogen-bond acceptors (Lipinski definition) is 4. The summed E-state index contributed by atoms with van der Waals surface area (Å²) >= 11 is 0. The van der Waals surface area contributed by atoms with Crippen LogP contribution in [0.2, 0.25) is 0 Å². The molecular formula is C22H35IN6O. The summed E-state index contributed by atoms with van der Waals surface area (Å²) < 4.78 is 7.40. The third-order valence-electron chi connectivity index (χ3n) is 5.24. The fraction of sp³-hybridized carbons (Fsp3) is 0.545. The Bertz CT molecular complexity index is 746. The van der Waals surface area contributed by atoms with E-state index in [1.807, 2.05) is 29.2 Å². The maximum absolute atomic E-state index is 5.44. The Morgan fingerprint density at radius 2 is 2.07 bits per heavy atom. The van der Waals surface area contributed by atoms with E-state index in [4.69, 9.17) is 9.73 Å². The second-order valence-electron chi connectivity index (χ2n) is 7.30. The maximum Gasteiger partial charge on any atom is 0.191 e. The number of likely N-dealkylation sites (tertiary alicyclic amines) is 1. The summed E-state index contributed by atoms with van der Waals surface area (Å²) in [6, 6.07) is 10.6. The molecule has 1 atom stereocenters. The molecule has 8 heteroatoms. The number of aliphatic imine (C=N–C) groups is 1. The van der Waals surface area contributed by atoms with Crippen LogP contribution in [0.3, 0.4) is 0 Å². The van der Waals surface area contributed by atoms with Crippen LogP contribution in [0, 0.1) is 0 Å². The molecule has 0 aliphatic carbocycles. The van der Waals surface area contributed by atoms with Crippen molar-refractivity contribution in [2.24, 2.45) is 4.99 Å². The highest BCUT2D eigenvalue weighted by Crippen LogP contribution is 2.27. The fourth-order valence-corrected chi connectivity index (χ4v) is 3.73. The van der Waals surface area contributed by atoms with Crippen LogP contribution in [-0.4, -0.2) is 60.5 Å². The molecule has 7 nitrogen and oxygen atoms in total. The lowest BCUT2D eigenvalue weighted by molar-refractivity contribution is 0.251. The number of benzene rings is 1. The number of rotatable bonds is 10. The molecule has 1 unspecified atom stereocenters. The van der Waals surface area contributed by atoms with Gasteiger partial charge in [0.1, 0.15) is 5.75 Å². The molecule has 1 aliphatic rings. The van der Waals surface area contributed by atoms with Gasteiger partial charge in [-0.3, -0.25) is 14.6 Å². The van der Waals surface area contributed by atoms with Gasteiger partial charge >= 0.3 is 0 Å². The molecule has 0 bridgehead atoms. The first-order valence-corrected chi connectivity index (χ1v) is 10.7. The van der Waals surface area contributed by atoms with Gasteiger partial charge in [-0.25, -0.2) is 0 Å². The molecule has 2 aromatic rings. The SMILES string of the molecule is CCNC(=NCC(c1cccc(OC)c1)N1CCCC1)NCCCn1cccn1.I. The van der Waals surface area contributed by atoms with E-state index in [0.29, 0.717) is 0 Å². The Kier molecular flexibility index (Phi) is 11.0. The molecule has 0 spiro atoms. The van der Waals surface area contributed by atoms with Crippen molar-refractivity contribution in [2.45, 2.75) is 38.8 Å². The average molecular weight is 526 g/mol. The van der Waals surface area contributed by atoms with Crippen LogP contribution in [0.15, 0.2) is 47.7 Å². The first kappa shape index (κ1) is 24.5. The summed E-state index contributed by atoms with van der Waals surface area (Å²) in [5.41, 5.74) is 1.27. The molecule has 3 rings (SSSR count). The largest absolute Gasteiger partial charge is 0.497 e. The van der Waals surface area contributed by atoms with Crippen molar-refractivity contribution in [2.75, 3.05) is 39.8 Å². The first-order chi connectivity index (χ1) is 14.3. The van der Waals surface area contributed by atoms with Gasteiger partial charge in [-0.1, -0.05) is 12.1 Å². The van der Waals surface area contributed by atoms with E-state index in [1.165, 1.54) is 18.4 Å². The van der Waals surface area contributed by atoms with Crippen molar-refractivity contribution in [3.05, 3.63) is 48.3 Å². The highest BCUT2D eigenvalue weighted by Gasteiger charge is 2.23. The highest BCUT2D eigenvalue weighted by atomic mass is 127. The number of halogens is 1. The van der Waals surface area contributed by atoms with Gasteiger partial charge in [0, 0.05) is 32.0 Å². The molecule has 1 aromatic heterocycles. The van der Waals surface area contributed by atoms with Gasteiger partial charge in [-0.2, -0.15) is 5.10 Å². The number of nitrogens with one attached hydrogen (secondary N) is 2. The Balaban J connectivity index is 0.00000320. The molecule has 0 amide bonds. The maximum atomic E-state index is 5.44. The lowest BCUT2D eigenvalue weighted by atomic mass is 10.1. The lowest BCUT2D eigenvalue weighted by Crippen LogP contribution is -2.39. The second kappa shape index (κ2) is 13.5. The van der Waals surface area contributed by atoms with Gasteiger partial charge in [0.05, 0.1) is 19.7 Å². The minimum atomic E-state index is 0. The van der Waals surface area contributed by atoms with Crippen LogP contribution in [0.1, 0.15) is 37.8 Å². The molecule has 166 valence electrons. The van der Waals surface area contributed by atoms with Crippen molar-refractivity contribution >= 4 is 29.9 Å². The van der Waals surface area contributed by atoms with E-state index in [-0.39, 0.29) is 30.0 Å². The third kappa shape index (κ3) is 7.46. The summed E-state index contributed by atoms with van der Waals surface area (Å²) in [6.07, 6.45) is 7.33. The van der Waals surface area contributed by atoms with E-state index >= 15 is 0 Å². The minimum absolute atomic E-state index is 0. The smallest absolute Gasteiger partial charge is 0.191 e. The van der Waals surface area contributed by atoms with E-state index in [0.717, 1.165) is 57.4 Å². The normalized spacial score (nSPS) is 15.5. The van der Waals surface area contributed by atoms with Crippen molar-refractivity contribution < 1.29 is 4.74 Å². The Labute approximate surface area is 197 Å². The zero-order valence-corrected chi connectivity index (χ0v) is 20.4. The molecule has 2 heterocycles. The van der Waals surface area contributed by atoms with Gasteiger partial charge in [-0.15, -0.1) is 24.0 Å². The van der Waals surface area contributed by atoms with Crippen LogP contribution in [0.25, 0.3) is 0 Å². The van der Waals surface area contributed by atoms with Crippen LogP contribution >= 0.6 is 24.0 Å². The van der Waals surface area contributed by atoms with Gasteiger partial charge in [0.15, 0.2) is 5.96 Å². The zero-order chi connectivity index (χ0) is 20.3. The van der Waals surface area contributed by atoms with Crippen LogP contribution in [0.4, 0.5) is 0 Å². The van der Waals surface area contributed by atoms with Gasteiger partial charge in [0.2, 0.25) is 0 Å². The Morgan fingerprint density at radius 3 is 2.77 bits per heavy atom. The van der Waals surface area contributed by atoms with Crippen LogP contribution < -0.4 is 15.4 Å². The number of ether oxygens (including phenoxy) is 1. The standard InChI is InChI=1S/C22H34N6O.HI/c1-3-23-22(24-11-7-15-28-16-8-12-26-28)25-18-21(27-13-4-5-14-27)19-9-6-10-20(17-19)29-2;/h6,8-10,12,16-17,21H,3-5,7,11,13-15,18H2,1-2H3,(H2,23,24,25);1H. The van der Waals surface area contributed by atoms with Gasteiger partial charge < -0.3 is 15.4 Å². The Hall–Kier alpha value is -1.81. The summed E-state index contributed by atoms with van der Waals surface area (Å²) in [4.78, 5) is 7.46. The molecule has 1 aliphatic heterocycles. The van der Waals surface area contributed by atoms with Crippen molar-refractivity contribution in [1.82, 2.24) is 25.3 Å². The van der Waals surface area contributed by atoms with E-state index in [2.05, 4.69) is 45.8 Å². The highest BCUT2D eigenvalue weighted by molar-refractivity contribution is 14.0. The van der Waals surface area contributed by atoms with E-state index in [1.54, 1.807) is 7.11 Å². The molecule has 2 N–H and O–H groups in total. The van der Waals surface area contributed by atoms with Crippen LogP contribution in [-0.2, 0) is 6.54 Å². The molecule has 1 saturated heterocycles. The number of nitrogens with zero attached hydrogens (tertiary/aromatic N) is 4. The summed E-state index contributed by atoms with van der Waals surface area (Å²) in [6.45, 7) is 7.69. The van der Waals surface area contributed by atoms with Crippen molar-refractivity contribution in [3.63, 3.8) is 0 Å². The summed E-state index contributed by atoms with van der Waals surface area (Å²) in [7, 11) is 1.72. The van der Waals surface area contributed by atoms with E-state index in [9.17, 15) is 0 Å². The van der Waals surface area contributed by atoms with Gasteiger partial charge in [-0.05, 0) is 63.0 Å². The molecule has 1 fully saturated rings. The monoisotopic (exact) mass is 526 g/mol. The third-order valence-corrected chi connectivity index (χ3v) is 5.24. The molecule has 1 aromatic carbocycles. The molecular weight excluding hydrogens is 491 g/mol. The lowest BCUT2D eigenvalue weighted by Gasteiger charge is -2.27. The molecule has 0 radical (unpaired) electrons. The zero-order valence-electron chi connectivity index (χ0n) is 18.1. The summed E-state index contributed by atoms with van der Waals surface area (Å²) in [5.74, 6) is 1.78. The number of hydrogen-bond donors (Lipinski definition) is 2. The Morgan fingerprint density at radius 1 is 1.23 bits per heavy atom. The van der Waals surface area contributed by atoms with Gasteiger partial charge in [0.25, 0.3) is 0 Å². The number of methoxy groups -OCH3 is 1. The van der Waals surface area contributed by atoms with Crippen molar-refractivity contribution in [3.8, 4) is 5.75 Å². The predicted molar refractivity (Wildman–Crippen MR) is 133 cm³/mol.